The highest BCUT2D eigenvalue weighted by Crippen LogP contribution is 2.35. The van der Waals surface area contributed by atoms with Crippen molar-refractivity contribution in [3.05, 3.63) is 26.7 Å². The van der Waals surface area contributed by atoms with Crippen LogP contribution in [0.3, 0.4) is 0 Å². The first-order chi connectivity index (χ1) is 8.59. The predicted molar refractivity (Wildman–Crippen MR) is 78.4 cm³/mol. The number of piperidine rings is 1. The molecule has 98 valence electrons. The molecule has 18 heavy (non-hydrogen) atoms. The summed E-state index contributed by atoms with van der Waals surface area (Å²) in [4.78, 5) is 12.0. The molecule has 3 nitrogen and oxygen atoms in total. The van der Waals surface area contributed by atoms with Gasteiger partial charge in [0.2, 0.25) is 5.91 Å². The van der Waals surface area contributed by atoms with Crippen LogP contribution < -0.4 is 10.6 Å². The molecule has 0 aromatic heterocycles. The van der Waals surface area contributed by atoms with Crippen LogP contribution in [0, 0.1) is 0 Å². The van der Waals surface area contributed by atoms with Crippen LogP contribution in [0.4, 0.5) is 5.69 Å². The second-order valence-electron chi connectivity index (χ2n) is 4.21. The number of hydrogen-bond acceptors (Lipinski definition) is 2. The lowest BCUT2D eigenvalue weighted by Gasteiger charge is -2.22. The van der Waals surface area contributed by atoms with E-state index in [0.29, 0.717) is 20.2 Å². The Morgan fingerprint density at radius 1 is 1.33 bits per heavy atom. The summed E-state index contributed by atoms with van der Waals surface area (Å²) in [5.74, 6) is -0.0602. The van der Waals surface area contributed by atoms with Gasteiger partial charge in [-0.2, -0.15) is 0 Å². The minimum atomic E-state index is -0.141. The summed E-state index contributed by atoms with van der Waals surface area (Å²) in [5.41, 5.74) is 0.544. The molecule has 1 fully saturated rings. The molecule has 0 aliphatic carbocycles. The largest absolute Gasteiger partial charge is 0.323 e. The standard InChI is InChI=1S/C12H13BrCl2N2O/c13-7-4-5-8(11(15)10(7)14)17-12(18)9-3-1-2-6-16-9/h4-5,9,16H,1-3,6H2,(H,17,18)/t9-/m0/s1. The molecule has 6 heteroatoms. The number of anilines is 1. The van der Waals surface area contributed by atoms with Crippen LogP contribution in [0.25, 0.3) is 0 Å². The molecule has 1 aromatic carbocycles. The van der Waals surface area contributed by atoms with Crippen LogP contribution >= 0.6 is 39.1 Å². The average Bonchev–Trinajstić information content (AvgIpc) is 2.40. The van der Waals surface area contributed by atoms with E-state index in [4.69, 9.17) is 23.2 Å². The molecule has 0 bridgehead atoms. The summed E-state index contributed by atoms with van der Waals surface area (Å²) in [6.07, 6.45) is 3.04. The van der Waals surface area contributed by atoms with Crippen molar-refractivity contribution in [2.75, 3.05) is 11.9 Å². The van der Waals surface area contributed by atoms with Crippen molar-refractivity contribution in [3.8, 4) is 0 Å². The quantitative estimate of drug-likeness (QED) is 0.795. The fraction of sp³-hybridized carbons (Fsp3) is 0.417. The second-order valence-corrected chi connectivity index (χ2v) is 5.82. The lowest BCUT2D eigenvalue weighted by atomic mass is 10.0. The highest BCUT2D eigenvalue weighted by molar-refractivity contribution is 9.10. The fourth-order valence-electron chi connectivity index (χ4n) is 1.92. The van der Waals surface area contributed by atoms with Gasteiger partial charge in [0.05, 0.1) is 21.8 Å². The third-order valence-corrected chi connectivity index (χ3v) is 4.69. The summed E-state index contributed by atoms with van der Waals surface area (Å²) in [6.45, 7) is 0.882. The molecule has 0 unspecified atom stereocenters. The van der Waals surface area contributed by atoms with Gasteiger partial charge in [0.15, 0.2) is 0 Å². The van der Waals surface area contributed by atoms with E-state index in [-0.39, 0.29) is 11.9 Å². The van der Waals surface area contributed by atoms with Gasteiger partial charge in [-0.15, -0.1) is 0 Å². The Morgan fingerprint density at radius 2 is 2.11 bits per heavy atom. The summed E-state index contributed by atoms with van der Waals surface area (Å²) >= 11 is 15.4. The first kappa shape index (κ1) is 14.1. The second kappa shape index (κ2) is 6.24. The number of nitrogens with one attached hydrogen (secondary N) is 2. The van der Waals surface area contributed by atoms with Crippen molar-refractivity contribution >= 4 is 50.7 Å². The monoisotopic (exact) mass is 350 g/mol. The molecule has 1 heterocycles. The van der Waals surface area contributed by atoms with Gasteiger partial charge in [-0.1, -0.05) is 29.6 Å². The summed E-state index contributed by atoms with van der Waals surface area (Å²) in [6, 6.07) is 3.36. The Kier molecular flexibility index (Phi) is 4.90. The molecule has 0 spiro atoms. The van der Waals surface area contributed by atoms with Crippen LogP contribution in [0.2, 0.25) is 10.0 Å². The first-order valence-corrected chi connectivity index (χ1v) is 7.32. The topological polar surface area (TPSA) is 41.1 Å². The Balaban J connectivity index is 2.09. The zero-order chi connectivity index (χ0) is 13.1. The first-order valence-electron chi connectivity index (χ1n) is 5.77. The Hall–Kier alpha value is -0.290. The molecule has 0 saturated carbocycles. The average molecular weight is 352 g/mol. The predicted octanol–water partition coefficient (Wildman–Crippen LogP) is 3.84. The van der Waals surface area contributed by atoms with Crippen molar-refractivity contribution in [1.82, 2.24) is 5.32 Å². The fourth-order valence-corrected chi connectivity index (χ4v) is 2.74. The van der Waals surface area contributed by atoms with Gasteiger partial charge < -0.3 is 10.6 Å². The molecule has 2 N–H and O–H groups in total. The summed E-state index contributed by atoms with van der Waals surface area (Å²) < 4.78 is 0.711. The van der Waals surface area contributed by atoms with Crippen molar-refractivity contribution in [1.29, 1.82) is 0 Å². The highest BCUT2D eigenvalue weighted by atomic mass is 79.9. The van der Waals surface area contributed by atoms with Crippen LogP contribution in [-0.4, -0.2) is 18.5 Å². The van der Waals surface area contributed by atoms with Crippen molar-refractivity contribution in [2.24, 2.45) is 0 Å². The normalized spacial score (nSPS) is 19.6. The van der Waals surface area contributed by atoms with Crippen molar-refractivity contribution in [3.63, 3.8) is 0 Å². The molecular formula is C12H13BrCl2N2O. The van der Waals surface area contributed by atoms with Crippen LogP contribution in [0.15, 0.2) is 16.6 Å². The lowest BCUT2D eigenvalue weighted by Crippen LogP contribution is -2.43. The SMILES string of the molecule is O=C(Nc1ccc(Br)c(Cl)c1Cl)[C@@H]1CCCCN1. The maximum Gasteiger partial charge on any atom is 0.241 e. The molecule has 1 aromatic rings. The zero-order valence-electron chi connectivity index (χ0n) is 9.60. The van der Waals surface area contributed by atoms with E-state index < -0.39 is 0 Å². The third kappa shape index (κ3) is 3.18. The molecule has 1 amide bonds. The van der Waals surface area contributed by atoms with E-state index in [1.807, 2.05) is 0 Å². The van der Waals surface area contributed by atoms with E-state index in [9.17, 15) is 4.79 Å². The number of carbonyl (C=O) groups excluding carboxylic acids is 1. The van der Waals surface area contributed by atoms with Gasteiger partial charge in [-0.05, 0) is 47.4 Å². The Morgan fingerprint density at radius 3 is 2.78 bits per heavy atom. The Bertz CT molecular complexity index is 462. The molecule has 0 radical (unpaired) electrons. The number of benzene rings is 1. The lowest BCUT2D eigenvalue weighted by molar-refractivity contribution is -0.118. The minimum absolute atomic E-state index is 0.0602. The number of carbonyl (C=O) groups is 1. The van der Waals surface area contributed by atoms with Gasteiger partial charge in [-0.3, -0.25) is 4.79 Å². The maximum atomic E-state index is 12.0. The minimum Gasteiger partial charge on any atom is -0.323 e. The zero-order valence-corrected chi connectivity index (χ0v) is 12.7. The highest BCUT2D eigenvalue weighted by Gasteiger charge is 2.21. The van der Waals surface area contributed by atoms with E-state index in [1.165, 1.54) is 0 Å². The van der Waals surface area contributed by atoms with Gasteiger partial charge in [0.25, 0.3) is 0 Å². The molecule has 1 aliphatic rings. The van der Waals surface area contributed by atoms with E-state index in [1.54, 1.807) is 12.1 Å². The van der Waals surface area contributed by atoms with Gasteiger partial charge >= 0.3 is 0 Å². The Labute approximate surface area is 124 Å². The molecule has 1 aliphatic heterocycles. The van der Waals surface area contributed by atoms with Gasteiger partial charge in [-0.25, -0.2) is 0 Å². The van der Waals surface area contributed by atoms with Crippen molar-refractivity contribution < 1.29 is 4.79 Å². The number of hydrogen-bond donors (Lipinski definition) is 2. The summed E-state index contributed by atoms with van der Waals surface area (Å²) in [5, 5.41) is 6.76. The van der Waals surface area contributed by atoms with Gasteiger partial charge in [0.1, 0.15) is 0 Å². The molecule has 1 saturated heterocycles. The van der Waals surface area contributed by atoms with Crippen LogP contribution in [-0.2, 0) is 4.79 Å². The summed E-state index contributed by atoms with van der Waals surface area (Å²) in [7, 11) is 0. The van der Waals surface area contributed by atoms with Gasteiger partial charge in [0, 0.05) is 4.47 Å². The van der Waals surface area contributed by atoms with E-state index in [0.717, 1.165) is 25.8 Å². The molecular weight excluding hydrogens is 339 g/mol. The number of halogens is 3. The third-order valence-electron chi connectivity index (χ3n) is 2.92. The van der Waals surface area contributed by atoms with Crippen LogP contribution in [0.1, 0.15) is 19.3 Å². The van der Waals surface area contributed by atoms with E-state index >= 15 is 0 Å². The number of amides is 1. The molecule has 1 atom stereocenters. The smallest absolute Gasteiger partial charge is 0.241 e. The van der Waals surface area contributed by atoms with Crippen LogP contribution in [0.5, 0.6) is 0 Å². The molecule has 2 rings (SSSR count). The number of rotatable bonds is 2. The van der Waals surface area contributed by atoms with E-state index in [2.05, 4.69) is 26.6 Å². The van der Waals surface area contributed by atoms with Crippen molar-refractivity contribution in [2.45, 2.75) is 25.3 Å². The maximum absolute atomic E-state index is 12.0.